The highest BCUT2D eigenvalue weighted by atomic mass is 16.2. The van der Waals surface area contributed by atoms with Gasteiger partial charge in [0.25, 0.3) is 5.91 Å². The Hall–Kier alpha value is -3.10. The van der Waals surface area contributed by atoms with Crippen molar-refractivity contribution in [2.75, 3.05) is 11.9 Å². The Bertz CT molecular complexity index is 1090. The molecular formula is C22H29N5O4. The van der Waals surface area contributed by atoms with Crippen LogP contribution in [0.2, 0.25) is 0 Å². The fraction of sp³-hybridized carbons (Fsp3) is 0.545. The Morgan fingerprint density at radius 3 is 2.52 bits per heavy atom. The van der Waals surface area contributed by atoms with E-state index in [2.05, 4.69) is 41.4 Å². The highest BCUT2D eigenvalue weighted by Gasteiger charge is 2.53. The van der Waals surface area contributed by atoms with Crippen LogP contribution in [0.15, 0.2) is 23.0 Å². The molecule has 1 saturated carbocycles. The van der Waals surface area contributed by atoms with Crippen molar-refractivity contribution in [3.63, 3.8) is 0 Å². The molecule has 9 nitrogen and oxygen atoms in total. The molecule has 1 aliphatic heterocycles. The number of aromatic amines is 2. The van der Waals surface area contributed by atoms with Crippen LogP contribution in [0.25, 0.3) is 11.0 Å². The van der Waals surface area contributed by atoms with Crippen LogP contribution in [0, 0.1) is 11.3 Å². The number of nitrogens with one attached hydrogen (secondary N) is 4. The maximum atomic E-state index is 13.1. The molecule has 0 unspecified atom stereocenters. The van der Waals surface area contributed by atoms with Gasteiger partial charge in [-0.2, -0.15) is 0 Å². The Morgan fingerprint density at radius 2 is 1.84 bits per heavy atom. The predicted molar refractivity (Wildman–Crippen MR) is 117 cm³/mol. The van der Waals surface area contributed by atoms with Crippen LogP contribution >= 0.6 is 0 Å². The molecule has 31 heavy (non-hydrogen) atoms. The van der Waals surface area contributed by atoms with Gasteiger partial charge in [0.15, 0.2) is 0 Å². The van der Waals surface area contributed by atoms with Gasteiger partial charge in [-0.25, -0.2) is 9.59 Å². The number of rotatable bonds is 5. The number of nitrogens with zero attached hydrogens (tertiary/aromatic N) is 1. The lowest BCUT2D eigenvalue weighted by atomic mass is 9.65. The number of amides is 4. The normalized spacial score (nSPS) is 24.1. The van der Waals surface area contributed by atoms with E-state index >= 15 is 0 Å². The van der Waals surface area contributed by atoms with Crippen molar-refractivity contribution in [2.24, 2.45) is 11.3 Å². The number of imide groups is 1. The molecule has 4 amide bonds. The summed E-state index contributed by atoms with van der Waals surface area (Å²) in [6.07, 6.45) is 4.02. The number of hydrogen-bond acceptors (Lipinski definition) is 4. The molecule has 4 N–H and O–H groups in total. The molecule has 1 aliphatic carbocycles. The third-order valence-corrected chi connectivity index (χ3v) is 7.20. The van der Waals surface area contributed by atoms with Crippen molar-refractivity contribution in [3.8, 4) is 0 Å². The molecular weight excluding hydrogens is 398 g/mol. The zero-order valence-electron chi connectivity index (χ0n) is 18.1. The highest BCUT2D eigenvalue weighted by molar-refractivity contribution is 6.10. The number of aromatic nitrogens is 2. The quantitative estimate of drug-likeness (QED) is 0.547. The second kappa shape index (κ2) is 7.55. The fourth-order valence-corrected chi connectivity index (χ4v) is 4.79. The van der Waals surface area contributed by atoms with Crippen LogP contribution in [0.1, 0.15) is 52.9 Å². The highest BCUT2D eigenvalue weighted by Crippen LogP contribution is 2.45. The van der Waals surface area contributed by atoms with Gasteiger partial charge < -0.3 is 20.6 Å². The predicted octanol–water partition coefficient (Wildman–Crippen LogP) is 2.71. The van der Waals surface area contributed by atoms with Gasteiger partial charge in [0.2, 0.25) is 5.91 Å². The molecule has 0 bridgehead atoms. The summed E-state index contributed by atoms with van der Waals surface area (Å²) in [4.78, 5) is 55.8. The molecule has 2 aromatic rings. The molecule has 166 valence electrons. The van der Waals surface area contributed by atoms with Crippen molar-refractivity contribution >= 4 is 34.6 Å². The topological polar surface area (TPSA) is 127 Å². The molecule has 0 atom stereocenters. The Kier molecular flexibility index (Phi) is 5.15. The maximum absolute atomic E-state index is 13.1. The van der Waals surface area contributed by atoms with Crippen LogP contribution in [0.3, 0.4) is 0 Å². The first-order valence-electron chi connectivity index (χ1n) is 10.8. The maximum Gasteiger partial charge on any atom is 0.325 e. The van der Waals surface area contributed by atoms with E-state index < -0.39 is 17.5 Å². The van der Waals surface area contributed by atoms with Gasteiger partial charge in [0.05, 0.1) is 11.0 Å². The lowest BCUT2D eigenvalue weighted by molar-refractivity contribution is -0.135. The van der Waals surface area contributed by atoms with Crippen LogP contribution < -0.4 is 16.3 Å². The standard InChI is InChI=1S/C22H29N5O4/c1-4-21(2,3)13-7-9-22(10-8-13)18(29)27(20(31)26-22)12-17(28)23-14-5-6-15-16(11-14)25-19(30)24-15/h5-6,11,13H,4,7-10,12H2,1-3H3,(H,23,28)(H,26,31)(H2,24,25,30). The van der Waals surface area contributed by atoms with Gasteiger partial charge in [0, 0.05) is 5.69 Å². The first-order chi connectivity index (χ1) is 14.6. The number of hydrogen-bond donors (Lipinski definition) is 4. The molecule has 4 rings (SSSR count). The number of anilines is 1. The lowest BCUT2D eigenvalue weighted by Gasteiger charge is -2.42. The largest absolute Gasteiger partial charge is 0.325 e. The number of benzene rings is 1. The number of imidazole rings is 1. The summed E-state index contributed by atoms with van der Waals surface area (Å²) in [5, 5.41) is 5.56. The first-order valence-corrected chi connectivity index (χ1v) is 10.8. The number of fused-ring (bicyclic) bond motifs is 1. The van der Waals surface area contributed by atoms with Crippen molar-refractivity contribution in [3.05, 3.63) is 28.7 Å². The van der Waals surface area contributed by atoms with E-state index in [4.69, 9.17) is 0 Å². The molecule has 0 radical (unpaired) electrons. The summed E-state index contributed by atoms with van der Waals surface area (Å²) in [6.45, 7) is 6.33. The minimum Gasteiger partial charge on any atom is -0.324 e. The minimum atomic E-state index is -0.888. The second-order valence-corrected chi connectivity index (χ2v) is 9.41. The van der Waals surface area contributed by atoms with Crippen molar-refractivity contribution in [1.29, 1.82) is 0 Å². The van der Waals surface area contributed by atoms with E-state index in [0.717, 1.165) is 24.2 Å². The zero-order chi connectivity index (χ0) is 22.4. The molecule has 2 aliphatic rings. The summed E-state index contributed by atoms with van der Waals surface area (Å²) >= 11 is 0. The molecule has 1 saturated heterocycles. The van der Waals surface area contributed by atoms with Gasteiger partial charge in [-0.15, -0.1) is 0 Å². The zero-order valence-corrected chi connectivity index (χ0v) is 18.1. The van der Waals surface area contributed by atoms with Crippen molar-refractivity contribution in [2.45, 2.75) is 58.4 Å². The Balaban J connectivity index is 1.41. The van der Waals surface area contributed by atoms with Crippen LogP contribution in [0.4, 0.5) is 10.5 Å². The van der Waals surface area contributed by atoms with E-state index in [1.54, 1.807) is 18.2 Å². The average Bonchev–Trinajstić information content (AvgIpc) is 3.20. The van der Waals surface area contributed by atoms with E-state index in [-0.39, 0.29) is 23.6 Å². The average molecular weight is 428 g/mol. The fourth-order valence-electron chi connectivity index (χ4n) is 4.79. The number of carbonyl (C=O) groups is 3. The third kappa shape index (κ3) is 3.84. The smallest absolute Gasteiger partial charge is 0.324 e. The number of H-pyrrole nitrogens is 2. The molecule has 2 fully saturated rings. The summed E-state index contributed by atoms with van der Waals surface area (Å²) in [5.74, 6) is -0.274. The number of carbonyl (C=O) groups excluding carboxylic acids is 3. The van der Waals surface area contributed by atoms with Crippen LogP contribution in [-0.2, 0) is 9.59 Å². The van der Waals surface area contributed by atoms with E-state index in [1.165, 1.54) is 0 Å². The van der Waals surface area contributed by atoms with Gasteiger partial charge >= 0.3 is 11.7 Å². The summed E-state index contributed by atoms with van der Waals surface area (Å²) in [6, 6.07) is 4.42. The third-order valence-electron chi connectivity index (χ3n) is 7.20. The van der Waals surface area contributed by atoms with Gasteiger partial charge in [-0.05, 0) is 55.2 Å². The minimum absolute atomic E-state index is 0.206. The summed E-state index contributed by atoms with van der Waals surface area (Å²) < 4.78 is 0. The van der Waals surface area contributed by atoms with Crippen molar-refractivity contribution in [1.82, 2.24) is 20.2 Å². The molecule has 2 heterocycles. The Labute approximate surface area is 180 Å². The second-order valence-electron chi connectivity index (χ2n) is 9.41. The first kappa shape index (κ1) is 21.1. The molecule has 1 spiro atoms. The van der Waals surface area contributed by atoms with Gasteiger partial charge in [-0.1, -0.05) is 27.2 Å². The summed E-state index contributed by atoms with van der Waals surface area (Å²) in [7, 11) is 0. The van der Waals surface area contributed by atoms with Crippen LogP contribution in [-0.4, -0.2) is 44.8 Å². The van der Waals surface area contributed by atoms with E-state index in [0.29, 0.717) is 35.5 Å². The molecule has 9 heteroatoms. The number of urea groups is 1. The lowest BCUT2D eigenvalue weighted by Crippen LogP contribution is -2.51. The van der Waals surface area contributed by atoms with E-state index in [1.807, 2.05) is 0 Å². The van der Waals surface area contributed by atoms with Crippen molar-refractivity contribution < 1.29 is 14.4 Å². The SMILES string of the molecule is CCC(C)(C)C1CCC2(CC1)NC(=O)N(CC(=O)Nc1ccc3[nH]c(=O)[nH]c3c1)C2=O. The summed E-state index contributed by atoms with van der Waals surface area (Å²) in [5.41, 5.74) is 0.639. The van der Waals surface area contributed by atoms with Crippen LogP contribution in [0.5, 0.6) is 0 Å². The molecule has 1 aromatic heterocycles. The monoisotopic (exact) mass is 427 g/mol. The van der Waals surface area contributed by atoms with E-state index in [9.17, 15) is 19.2 Å². The molecule has 1 aromatic carbocycles. The van der Waals surface area contributed by atoms with Gasteiger partial charge in [0.1, 0.15) is 12.1 Å². The van der Waals surface area contributed by atoms with Gasteiger partial charge in [-0.3, -0.25) is 14.5 Å². The Morgan fingerprint density at radius 1 is 1.16 bits per heavy atom.